The number of aliphatic hydroxyl groups excluding tert-OH is 1. The normalized spacial score (nSPS) is 18.5. The van der Waals surface area contributed by atoms with Gasteiger partial charge in [0.2, 0.25) is 0 Å². The summed E-state index contributed by atoms with van der Waals surface area (Å²) < 4.78 is 0.990. The Morgan fingerprint density at radius 3 is 2.87 bits per heavy atom. The number of nitrogens with zero attached hydrogens (tertiary/aromatic N) is 2. The molecule has 1 aromatic carbocycles. The topological polar surface area (TPSA) is 46.0 Å². The van der Waals surface area contributed by atoms with Gasteiger partial charge in [0.1, 0.15) is 12.5 Å². The highest BCUT2D eigenvalue weighted by Crippen LogP contribution is 2.43. The molecule has 1 radical (unpaired) electrons. The Kier molecular flexibility index (Phi) is 3.99. The molecule has 0 bridgehead atoms. The Balaban J connectivity index is 1.56. The molecule has 4 rings (SSSR count). The molecule has 3 aromatic rings. The lowest BCUT2D eigenvalue weighted by Gasteiger charge is -2.16. The lowest BCUT2D eigenvalue weighted by Crippen LogP contribution is -1.91. The molecule has 1 aliphatic rings. The molecule has 0 aliphatic carbocycles. The first kappa shape index (κ1) is 14.6. The van der Waals surface area contributed by atoms with Crippen molar-refractivity contribution in [2.24, 2.45) is 0 Å². The van der Waals surface area contributed by atoms with Gasteiger partial charge < -0.3 is 5.11 Å². The standard InChI is InChI=1S/C18H15N2OS2/c21-10-15-2-1-7-23(15)11-13-3-5-14(6-4-13)17-8-16-18(22-17)9-19-12-20-16/h1-8,12,21,23H,10-11H2. The van der Waals surface area contributed by atoms with E-state index in [0.717, 1.165) is 20.9 Å². The van der Waals surface area contributed by atoms with Gasteiger partial charge in [-0.3, -0.25) is 0 Å². The number of rotatable bonds is 4. The molecule has 0 saturated carbocycles. The molecule has 1 atom stereocenters. The maximum atomic E-state index is 9.37. The minimum Gasteiger partial charge on any atom is -0.391 e. The van der Waals surface area contributed by atoms with Crippen LogP contribution < -0.4 is 0 Å². The van der Waals surface area contributed by atoms with E-state index in [4.69, 9.17) is 0 Å². The fourth-order valence-corrected chi connectivity index (χ4v) is 5.41. The van der Waals surface area contributed by atoms with E-state index in [1.807, 2.05) is 6.08 Å². The quantitative estimate of drug-likeness (QED) is 0.705. The average molecular weight is 339 g/mol. The number of benzene rings is 1. The fraction of sp³-hybridized carbons (Fsp3) is 0.111. The molecule has 1 N–H and O–H groups in total. The van der Waals surface area contributed by atoms with Gasteiger partial charge in [0.15, 0.2) is 0 Å². The van der Waals surface area contributed by atoms with Gasteiger partial charge >= 0.3 is 0 Å². The monoisotopic (exact) mass is 339 g/mol. The van der Waals surface area contributed by atoms with Crippen molar-refractivity contribution in [3.8, 4) is 10.4 Å². The Hall–Kier alpha value is -1.95. The molecule has 1 aliphatic heterocycles. The molecule has 23 heavy (non-hydrogen) atoms. The van der Waals surface area contributed by atoms with Crippen LogP contribution in [0.1, 0.15) is 5.56 Å². The van der Waals surface area contributed by atoms with E-state index in [-0.39, 0.29) is 17.5 Å². The predicted molar refractivity (Wildman–Crippen MR) is 98.7 cm³/mol. The zero-order chi connectivity index (χ0) is 15.6. The van der Waals surface area contributed by atoms with Crippen LogP contribution in [0.3, 0.4) is 0 Å². The second kappa shape index (κ2) is 6.28. The second-order valence-electron chi connectivity index (χ2n) is 5.29. The van der Waals surface area contributed by atoms with E-state index in [9.17, 15) is 5.11 Å². The average Bonchev–Trinajstić information content (AvgIpc) is 3.21. The zero-order valence-corrected chi connectivity index (χ0v) is 14.0. The highest BCUT2D eigenvalue weighted by Gasteiger charge is 2.11. The second-order valence-corrected chi connectivity index (χ2v) is 8.47. The molecule has 115 valence electrons. The molecule has 1 unspecified atom stereocenters. The Labute approximate surface area is 141 Å². The highest BCUT2D eigenvalue weighted by atomic mass is 32.2. The number of aromatic nitrogens is 2. The summed E-state index contributed by atoms with van der Waals surface area (Å²) in [4.78, 5) is 10.6. The summed E-state index contributed by atoms with van der Waals surface area (Å²) in [6.45, 7) is 0.163. The van der Waals surface area contributed by atoms with E-state index in [1.54, 1.807) is 11.3 Å². The van der Waals surface area contributed by atoms with Crippen LogP contribution in [-0.2, 0) is 5.75 Å². The molecule has 3 nitrogen and oxygen atoms in total. The summed E-state index contributed by atoms with van der Waals surface area (Å²) in [5, 5.41) is 11.6. The van der Waals surface area contributed by atoms with Crippen LogP contribution in [0.25, 0.3) is 20.7 Å². The smallest absolute Gasteiger partial charge is 0.116 e. The molecular weight excluding hydrogens is 324 g/mol. The largest absolute Gasteiger partial charge is 0.391 e. The first-order valence-corrected chi connectivity index (χ1v) is 9.71. The first-order chi connectivity index (χ1) is 11.3. The van der Waals surface area contributed by atoms with Gasteiger partial charge in [-0.25, -0.2) is 20.9 Å². The van der Waals surface area contributed by atoms with Crippen molar-refractivity contribution in [2.75, 3.05) is 6.61 Å². The van der Waals surface area contributed by atoms with E-state index in [2.05, 4.69) is 58.0 Å². The van der Waals surface area contributed by atoms with Crippen molar-refractivity contribution in [3.05, 3.63) is 70.9 Å². The lowest BCUT2D eigenvalue weighted by molar-refractivity contribution is 0.339. The van der Waals surface area contributed by atoms with Crippen molar-refractivity contribution >= 4 is 32.4 Å². The molecule has 5 heteroatoms. The minimum absolute atomic E-state index is 0.163. The number of fused-ring (bicyclic) bond motifs is 1. The van der Waals surface area contributed by atoms with Crippen LogP contribution in [0.4, 0.5) is 0 Å². The van der Waals surface area contributed by atoms with Crippen LogP contribution in [0.15, 0.2) is 59.1 Å². The molecule has 0 amide bonds. The van der Waals surface area contributed by atoms with Crippen molar-refractivity contribution in [2.45, 2.75) is 5.75 Å². The maximum Gasteiger partial charge on any atom is 0.116 e. The number of thiophene rings is 1. The summed E-state index contributed by atoms with van der Waals surface area (Å²) in [6.07, 6.45) is 8.61. The van der Waals surface area contributed by atoms with Gasteiger partial charge in [-0.2, -0.15) is 0 Å². The third kappa shape index (κ3) is 2.95. The Morgan fingerprint density at radius 2 is 2.09 bits per heavy atom. The van der Waals surface area contributed by atoms with Crippen LogP contribution in [0, 0.1) is 6.20 Å². The summed E-state index contributed by atoms with van der Waals surface area (Å²) in [7, 11) is -0.355. The Morgan fingerprint density at radius 1 is 1.22 bits per heavy atom. The first-order valence-electron chi connectivity index (χ1n) is 7.30. The molecular formula is C18H15N2OS2. The molecule has 3 heterocycles. The van der Waals surface area contributed by atoms with Gasteiger partial charge in [0, 0.05) is 10.6 Å². The van der Waals surface area contributed by atoms with Gasteiger partial charge in [-0.05, 0) is 27.5 Å². The summed E-state index contributed by atoms with van der Waals surface area (Å²) in [6, 6.07) is 10.8. The highest BCUT2D eigenvalue weighted by molar-refractivity contribution is 8.22. The Bertz CT molecular complexity index is 864. The number of aliphatic hydroxyl groups is 1. The number of allylic oxidation sites excluding steroid dienone is 2. The van der Waals surface area contributed by atoms with Gasteiger partial charge in [0.25, 0.3) is 0 Å². The summed E-state index contributed by atoms with van der Waals surface area (Å²) in [5.74, 6) is 0.990. The number of hydrogen-bond donors (Lipinski definition) is 2. The van der Waals surface area contributed by atoms with Crippen molar-refractivity contribution in [1.29, 1.82) is 0 Å². The third-order valence-electron chi connectivity index (χ3n) is 3.81. The molecule has 0 fully saturated rings. The summed E-state index contributed by atoms with van der Waals surface area (Å²) in [5.41, 5.74) is 3.44. The van der Waals surface area contributed by atoms with Crippen molar-refractivity contribution < 1.29 is 5.11 Å². The fourth-order valence-electron chi connectivity index (χ4n) is 2.60. The molecule has 0 saturated heterocycles. The maximum absolute atomic E-state index is 9.37. The molecule has 0 spiro atoms. The van der Waals surface area contributed by atoms with Crippen molar-refractivity contribution in [1.82, 2.24) is 9.97 Å². The van der Waals surface area contributed by atoms with Crippen LogP contribution in [0.5, 0.6) is 0 Å². The van der Waals surface area contributed by atoms with E-state index in [1.165, 1.54) is 22.3 Å². The van der Waals surface area contributed by atoms with Gasteiger partial charge in [0.05, 0.1) is 16.8 Å². The van der Waals surface area contributed by atoms with Crippen LogP contribution in [0.2, 0.25) is 0 Å². The van der Waals surface area contributed by atoms with E-state index < -0.39 is 0 Å². The summed E-state index contributed by atoms with van der Waals surface area (Å²) >= 11 is 1.66. The number of hydrogen-bond acceptors (Lipinski definition) is 4. The van der Waals surface area contributed by atoms with Gasteiger partial charge in [-0.15, -0.1) is 11.3 Å². The SMILES string of the molecule is OCC1=CC=C[SH]1Cc1ccc(-c2cc3ncn[c]c3s2)cc1. The zero-order valence-electron chi connectivity index (χ0n) is 12.3. The minimum atomic E-state index is -0.355. The van der Waals surface area contributed by atoms with Crippen LogP contribution in [-0.4, -0.2) is 21.7 Å². The number of thiol groups is 1. The molecule has 2 aromatic heterocycles. The predicted octanol–water partition coefficient (Wildman–Crippen LogP) is 4.06. The van der Waals surface area contributed by atoms with E-state index >= 15 is 0 Å². The lowest BCUT2D eigenvalue weighted by atomic mass is 10.1. The third-order valence-corrected chi connectivity index (χ3v) is 7.15. The van der Waals surface area contributed by atoms with Crippen molar-refractivity contribution in [3.63, 3.8) is 0 Å². The van der Waals surface area contributed by atoms with Gasteiger partial charge in [-0.1, -0.05) is 36.4 Å². The van der Waals surface area contributed by atoms with E-state index in [0.29, 0.717) is 0 Å². The van der Waals surface area contributed by atoms with Crippen LogP contribution >= 0.6 is 22.2 Å².